The fourth-order valence-electron chi connectivity index (χ4n) is 5.26. The van der Waals surface area contributed by atoms with Crippen molar-refractivity contribution in [2.24, 2.45) is 5.73 Å². The molecule has 11 heteroatoms. The van der Waals surface area contributed by atoms with Crippen molar-refractivity contribution < 1.29 is 42.3 Å². The number of unbranched alkanes of at least 4 members (excludes halogenated alkanes) is 9. The minimum atomic E-state index is -4.41. The molecule has 1 fully saturated rings. The molecule has 54 heavy (non-hydrogen) atoms. The number of rotatable bonds is 36. The van der Waals surface area contributed by atoms with Crippen molar-refractivity contribution in [3.8, 4) is 0 Å². The third-order valence-electron chi connectivity index (χ3n) is 8.47. The number of nitrogens with two attached hydrogens (primary N) is 1. The Morgan fingerprint density at radius 1 is 0.648 bits per heavy atom. The Morgan fingerprint density at radius 3 is 1.70 bits per heavy atom. The van der Waals surface area contributed by atoms with Gasteiger partial charge in [0.15, 0.2) is 6.10 Å². The molecule has 0 radical (unpaired) electrons. The van der Waals surface area contributed by atoms with Crippen LogP contribution in [0.3, 0.4) is 0 Å². The molecule has 4 atom stereocenters. The molecule has 1 heterocycles. The zero-order valence-corrected chi connectivity index (χ0v) is 34.3. The van der Waals surface area contributed by atoms with Gasteiger partial charge in [-0.25, -0.2) is 4.57 Å². The molecule has 0 aromatic heterocycles. The summed E-state index contributed by atoms with van der Waals surface area (Å²) in [5.74, 6) is -0.954. The maximum absolute atomic E-state index is 12.6. The molecular weight excluding hydrogens is 705 g/mol. The Balaban J connectivity index is 2.29. The average molecular weight is 778 g/mol. The Morgan fingerprint density at radius 2 is 1.13 bits per heavy atom. The molecule has 0 bridgehead atoms. The van der Waals surface area contributed by atoms with Crippen molar-refractivity contribution in [2.75, 3.05) is 26.4 Å². The lowest BCUT2D eigenvalue weighted by Gasteiger charge is -2.19. The molecule has 1 aliphatic rings. The molecule has 1 aliphatic heterocycles. The Bertz CT molecular complexity index is 1180. The van der Waals surface area contributed by atoms with E-state index in [2.05, 4.69) is 80.7 Å². The molecule has 0 amide bonds. The van der Waals surface area contributed by atoms with Crippen molar-refractivity contribution in [3.63, 3.8) is 0 Å². The monoisotopic (exact) mass is 777 g/mol. The lowest BCUT2D eigenvalue weighted by atomic mass is 10.1. The lowest BCUT2D eigenvalue weighted by Crippen LogP contribution is -2.29. The van der Waals surface area contributed by atoms with Gasteiger partial charge in [0.2, 0.25) is 0 Å². The van der Waals surface area contributed by atoms with Crippen LogP contribution in [0.1, 0.15) is 142 Å². The van der Waals surface area contributed by atoms with Crippen LogP contribution in [0.25, 0.3) is 0 Å². The van der Waals surface area contributed by atoms with Gasteiger partial charge in [-0.05, 0) is 89.9 Å². The highest BCUT2D eigenvalue weighted by atomic mass is 31.2. The van der Waals surface area contributed by atoms with Gasteiger partial charge in [0.1, 0.15) is 6.61 Å². The number of esters is 2. The average Bonchev–Trinajstić information content (AvgIpc) is 3.91. The first kappa shape index (κ1) is 49.4. The summed E-state index contributed by atoms with van der Waals surface area (Å²) in [4.78, 5) is 34.8. The predicted octanol–water partition coefficient (Wildman–Crippen LogP) is 10.5. The first-order valence-electron chi connectivity index (χ1n) is 20.5. The number of allylic oxidation sites excluding steroid dienone is 10. The molecule has 0 saturated carbocycles. The van der Waals surface area contributed by atoms with E-state index in [1.54, 1.807) is 0 Å². The Kier molecular flexibility index (Phi) is 31.9. The van der Waals surface area contributed by atoms with Crippen molar-refractivity contribution in [2.45, 2.75) is 161 Å². The highest BCUT2D eigenvalue weighted by Gasteiger charge is 2.36. The molecule has 1 rings (SSSR count). The largest absolute Gasteiger partial charge is 0.472 e. The molecule has 308 valence electrons. The number of hydrogen-bond donors (Lipinski definition) is 2. The van der Waals surface area contributed by atoms with Gasteiger partial charge in [-0.15, -0.1) is 0 Å². The second-order valence-electron chi connectivity index (χ2n) is 13.5. The maximum Gasteiger partial charge on any atom is 0.472 e. The zero-order valence-electron chi connectivity index (χ0n) is 33.4. The van der Waals surface area contributed by atoms with E-state index >= 15 is 0 Å². The third-order valence-corrected chi connectivity index (χ3v) is 9.45. The van der Waals surface area contributed by atoms with Gasteiger partial charge in [0, 0.05) is 19.4 Å². The fraction of sp³-hybridized carbons (Fsp3) is 0.674. The van der Waals surface area contributed by atoms with Gasteiger partial charge >= 0.3 is 19.8 Å². The van der Waals surface area contributed by atoms with Crippen molar-refractivity contribution in [1.29, 1.82) is 0 Å². The van der Waals surface area contributed by atoms with Gasteiger partial charge in [0.05, 0.1) is 25.4 Å². The molecule has 0 aromatic rings. The normalized spacial score (nSPS) is 17.9. The summed E-state index contributed by atoms with van der Waals surface area (Å²) in [6, 6.07) is 0. The topological polar surface area (TPSA) is 147 Å². The van der Waals surface area contributed by atoms with Gasteiger partial charge in [0.25, 0.3) is 0 Å². The van der Waals surface area contributed by atoms with E-state index in [-0.39, 0.29) is 32.6 Å². The molecule has 0 aliphatic carbocycles. The number of phosphoric ester groups is 1. The summed E-state index contributed by atoms with van der Waals surface area (Å²) in [6.45, 7) is 3.52. The summed E-state index contributed by atoms with van der Waals surface area (Å²) < 4.78 is 38.4. The van der Waals surface area contributed by atoms with Crippen LogP contribution >= 0.6 is 7.82 Å². The van der Waals surface area contributed by atoms with Crippen LogP contribution in [-0.2, 0) is 37.4 Å². The number of hydrogen-bond acceptors (Lipinski definition) is 9. The molecule has 10 nitrogen and oxygen atoms in total. The van der Waals surface area contributed by atoms with E-state index in [4.69, 9.17) is 29.0 Å². The molecular formula is C43H72NO9P. The maximum atomic E-state index is 12.6. The number of carbonyl (C=O) groups is 2. The van der Waals surface area contributed by atoms with Crippen molar-refractivity contribution in [3.05, 3.63) is 72.9 Å². The first-order valence-corrected chi connectivity index (χ1v) is 22.0. The second-order valence-corrected chi connectivity index (χ2v) is 15.0. The van der Waals surface area contributed by atoms with E-state index in [0.29, 0.717) is 31.5 Å². The number of epoxide rings is 1. The van der Waals surface area contributed by atoms with Crippen LogP contribution in [0.15, 0.2) is 72.9 Å². The van der Waals surface area contributed by atoms with Crippen LogP contribution in [0.4, 0.5) is 0 Å². The minimum absolute atomic E-state index is 0.0336. The molecule has 1 saturated heterocycles. The molecule has 0 aromatic carbocycles. The highest BCUT2D eigenvalue weighted by Crippen LogP contribution is 2.43. The Hall–Kier alpha value is -2.59. The smallest absolute Gasteiger partial charge is 0.462 e. The quantitative estimate of drug-likeness (QED) is 0.0207. The van der Waals surface area contributed by atoms with Gasteiger partial charge in [-0.1, -0.05) is 112 Å². The fourth-order valence-corrected chi connectivity index (χ4v) is 6.03. The van der Waals surface area contributed by atoms with Crippen LogP contribution in [0.5, 0.6) is 0 Å². The van der Waals surface area contributed by atoms with Crippen molar-refractivity contribution in [1.82, 2.24) is 0 Å². The molecule has 3 unspecified atom stereocenters. The second kappa shape index (κ2) is 34.9. The van der Waals surface area contributed by atoms with E-state index in [1.165, 1.54) is 38.5 Å². The highest BCUT2D eigenvalue weighted by molar-refractivity contribution is 7.47. The standard InChI is InChI=1S/C43H72NO9P/c1-3-5-7-9-11-12-13-14-15-16-17-18-21-25-29-33-42(45)49-37-39(38-51-54(47,48)50-36-35-44)52-43(46)34-30-26-22-19-20-24-28-32-41-40(53-41)31-27-23-10-8-6-4-2/h11-12,14-15,17-19,22-24,27-28,39-41H,3-10,13,16,20-21,25-26,29-38,44H2,1-2H3,(H,47,48)/b12-11-,15-14-,18-17-,22-19-,27-23-,28-24-/t39-,40?,41?/m1/s1. The predicted molar refractivity (Wildman–Crippen MR) is 219 cm³/mol. The summed E-state index contributed by atoms with van der Waals surface area (Å²) >= 11 is 0. The van der Waals surface area contributed by atoms with Gasteiger partial charge < -0.3 is 24.8 Å². The summed E-state index contributed by atoms with van der Waals surface area (Å²) in [5, 5.41) is 0. The van der Waals surface area contributed by atoms with Crippen LogP contribution < -0.4 is 5.73 Å². The number of ether oxygens (including phenoxy) is 3. The molecule has 3 N–H and O–H groups in total. The van der Waals surface area contributed by atoms with Crippen LogP contribution in [0.2, 0.25) is 0 Å². The number of phosphoric acid groups is 1. The SMILES string of the molecule is CCCCC/C=C\C/C=C\C/C=C\CCCCC(=O)OC[C@H](COP(=O)(O)OCCN)OC(=O)CCC/C=C\C/C=C\CC1OC1C/C=C\CCCCC. The summed E-state index contributed by atoms with van der Waals surface area (Å²) in [6.07, 6.45) is 44.0. The van der Waals surface area contributed by atoms with E-state index in [9.17, 15) is 19.0 Å². The molecule has 0 spiro atoms. The van der Waals surface area contributed by atoms with Gasteiger partial charge in [-0.2, -0.15) is 0 Å². The Labute approximate surface area is 326 Å². The zero-order chi connectivity index (χ0) is 39.4. The van der Waals surface area contributed by atoms with E-state index in [1.807, 2.05) is 6.08 Å². The third kappa shape index (κ3) is 31.7. The van der Waals surface area contributed by atoms with E-state index in [0.717, 1.165) is 57.8 Å². The van der Waals surface area contributed by atoms with Gasteiger partial charge in [-0.3, -0.25) is 18.6 Å². The van der Waals surface area contributed by atoms with Crippen LogP contribution in [0, 0.1) is 0 Å². The lowest BCUT2D eigenvalue weighted by molar-refractivity contribution is -0.161. The van der Waals surface area contributed by atoms with Crippen LogP contribution in [-0.4, -0.2) is 61.5 Å². The number of carbonyl (C=O) groups excluding carboxylic acids is 2. The minimum Gasteiger partial charge on any atom is -0.462 e. The van der Waals surface area contributed by atoms with Crippen molar-refractivity contribution >= 4 is 19.8 Å². The first-order chi connectivity index (χ1) is 26.3. The summed E-state index contributed by atoms with van der Waals surface area (Å²) in [7, 11) is -4.41. The summed E-state index contributed by atoms with van der Waals surface area (Å²) in [5.41, 5.74) is 5.33. The van der Waals surface area contributed by atoms with E-state index < -0.39 is 32.5 Å².